The van der Waals surface area contributed by atoms with Crippen LogP contribution in [0.2, 0.25) is 5.02 Å². The van der Waals surface area contributed by atoms with E-state index in [2.05, 4.69) is 10.9 Å². The van der Waals surface area contributed by atoms with Crippen LogP contribution in [-0.2, 0) is 9.59 Å². The smallest absolute Gasteiger partial charge is 0.238 e. The molecule has 0 spiro atoms. The van der Waals surface area contributed by atoms with Crippen molar-refractivity contribution in [1.82, 2.24) is 10.9 Å². The topological polar surface area (TPSA) is 67.4 Å². The fourth-order valence-corrected chi connectivity index (χ4v) is 2.04. The second kappa shape index (κ2) is 9.30. The van der Waals surface area contributed by atoms with Crippen LogP contribution in [0.1, 0.15) is 38.7 Å². The normalized spacial score (nSPS) is 10.4. The molecule has 0 aliphatic carbocycles. The maximum absolute atomic E-state index is 11.6. The lowest BCUT2D eigenvalue weighted by atomic mass is 10.1. The van der Waals surface area contributed by atoms with Crippen molar-refractivity contribution in [3.05, 3.63) is 28.8 Å². The first-order valence-corrected chi connectivity index (χ1v) is 7.73. The molecule has 0 saturated heterocycles. The van der Waals surface area contributed by atoms with E-state index in [0.29, 0.717) is 24.5 Å². The maximum atomic E-state index is 11.6. The van der Waals surface area contributed by atoms with Gasteiger partial charge in [0.05, 0.1) is 6.61 Å². The minimum absolute atomic E-state index is 0.184. The van der Waals surface area contributed by atoms with E-state index in [0.717, 1.165) is 11.3 Å². The zero-order valence-electron chi connectivity index (χ0n) is 13.2. The summed E-state index contributed by atoms with van der Waals surface area (Å²) in [6.07, 6.45) is 1.24. The molecule has 0 heterocycles. The number of hydrogen-bond acceptors (Lipinski definition) is 3. The average Bonchev–Trinajstić information content (AvgIpc) is 2.42. The maximum Gasteiger partial charge on any atom is 0.238 e. The number of hydrazine groups is 1. The number of carbonyl (C=O) groups is 2. The van der Waals surface area contributed by atoms with Crippen LogP contribution in [-0.4, -0.2) is 18.4 Å². The molecule has 2 amide bonds. The Morgan fingerprint density at radius 3 is 2.55 bits per heavy atom. The number of nitrogens with one attached hydrogen (secondary N) is 2. The SMILES string of the molecule is Cc1cc(Cl)ccc1OCCCC(=O)NNC(=O)CC(C)C. The Kier molecular flexibility index (Phi) is 7.74. The number of rotatable bonds is 7. The van der Waals surface area contributed by atoms with Gasteiger partial charge in [-0.25, -0.2) is 0 Å². The van der Waals surface area contributed by atoms with Gasteiger partial charge in [-0.1, -0.05) is 25.4 Å². The lowest BCUT2D eigenvalue weighted by Gasteiger charge is -2.10. The molecule has 0 fully saturated rings. The molecule has 1 aromatic rings. The van der Waals surface area contributed by atoms with Gasteiger partial charge in [0.15, 0.2) is 0 Å². The van der Waals surface area contributed by atoms with Gasteiger partial charge in [-0.15, -0.1) is 0 Å². The summed E-state index contributed by atoms with van der Waals surface area (Å²) in [6, 6.07) is 5.40. The molecule has 0 bridgehead atoms. The van der Waals surface area contributed by atoms with Crippen molar-refractivity contribution in [1.29, 1.82) is 0 Å². The molecular formula is C16H23ClN2O3. The third-order valence-corrected chi connectivity index (χ3v) is 3.11. The van der Waals surface area contributed by atoms with Gasteiger partial charge in [0.1, 0.15) is 5.75 Å². The molecule has 0 unspecified atom stereocenters. The third kappa shape index (κ3) is 7.31. The third-order valence-electron chi connectivity index (χ3n) is 2.88. The number of benzene rings is 1. The Balaban J connectivity index is 2.18. The molecule has 0 aliphatic rings. The summed E-state index contributed by atoms with van der Waals surface area (Å²) in [7, 11) is 0. The predicted octanol–water partition coefficient (Wildman–Crippen LogP) is 3.00. The van der Waals surface area contributed by atoms with Crippen molar-refractivity contribution in [3.8, 4) is 5.75 Å². The monoisotopic (exact) mass is 326 g/mol. The van der Waals surface area contributed by atoms with E-state index < -0.39 is 0 Å². The van der Waals surface area contributed by atoms with E-state index in [4.69, 9.17) is 16.3 Å². The van der Waals surface area contributed by atoms with Crippen LogP contribution in [0.4, 0.5) is 0 Å². The van der Waals surface area contributed by atoms with Gasteiger partial charge >= 0.3 is 0 Å². The molecule has 1 aromatic carbocycles. The number of ether oxygens (including phenoxy) is 1. The molecule has 0 radical (unpaired) electrons. The van der Waals surface area contributed by atoms with Crippen LogP contribution >= 0.6 is 11.6 Å². The zero-order valence-corrected chi connectivity index (χ0v) is 14.0. The minimum Gasteiger partial charge on any atom is -0.493 e. The second-order valence-corrected chi connectivity index (χ2v) is 5.99. The van der Waals surface area contributed by atoms with Crippen molar-refractivity contribution in [3.63, 3.8) is 0 Å². The van der Waals surface area contributed by atoms with Crippen LogP contribution in [0.5, 0.6) is 5.75 Å². The summed E-state index contributed by atoms with van der Waals surface area (Å²) >= 11 is 5.87. The molecular weight excluding hydrogens is 304 g/mol. The second-order valence-electron chi connectivity index (χ2n) is 5.56. The first-order valence-electron chi connectivity index (χ1n) is 7.35. The fourth-order valence-electron chi connectivity index (χ4n) is 1.81. The van der Waals surface area contributed by atoms with Crippen molar-refractivity contribution < 1.29 is 14.3 Å². The molecule has 1 rings (SSSR count). The Labute approximate surface area is 136 Å². The average molecular weight is 327 g/mol. The van der Waals surface area contributed by atoms with Crippen LogP contribution in [0.25, 0.3) is 0 Å². The predicted molar refractivity (Wildman–Crippen MR) is 86.7 cm³/mol. The van der Waals surface area contributed by atoms with E-state index in [1.807, 2.05) is 32.9 Å². The van der Waals surface area contributed by atoms with Gasteiger partial charge in [-0.3, -0.25) is 20.4 Å². The first kappa shape index (κ1) is 18.3. The molecule has 22 heavy (non-hydrogen) atoms. The van der Waals surface area contributed by atoms with Crippen molar-refractivity contribution in [2.75, 3.05) is 6.61 Å². The van der Waals surface area contributed by atoms with Gasteiger partial charge in [-0.05, 0) is 43.0 Å². The van der Waals surface area contributed by atoms with Crippen LogP contribution < -0.4 is 15.6 Å². The van der Waals surface area contributed by atoms with Crippen LogP contribution in [0.15, 0.2) is 18.2 Å². The highest BCUT2D eigenvalue weighted by molar-refractivity contribution is 6.30. The van der Waals surface area contributed by atoms with E-state index in [-0.39, 0.29) is 24.2 Å². The molecule has 2 N–H and O–H groups in total. The van der Waals surface area contributed by atoms with Gasteiger partial charge in [-0.2, -0.15) is 0 Å². The summed E-state index contributed by atoms with van der Waals surface area (Å²) in [4.78, 5) is 22.9. The number of aryl methyl sites for hydroxylation is 1. The largest absolute Gasteiger partial charge is 0.493 e. The summed E-state index contributed by atoms with van der Waals surface area (Å²) in [5, 5.41) is 0.668. The lowest BCUT2D eigenvalue weighted by molar-refractivity contribution is -0.129. The fraction of sp³-hybridized carbons (Fsp3) is 0.500. The van der Waals surface area contributed by atoms with E-state index in [1.165, 1.54) is 0 Å². The molecule has 0 atom stereocenters. The molecule has 6 heteroatoms. The minimum atomic E-state index is -0.228. The molecule has 0 aliphatic heterocycles. The quantitative estimate of drug-likeness (QED) is 0.598. The Morgan fingerprint density at radius 1 is 1.23 bits per heavy atom. The summed E-state index contributed by atoms with van der Waals surface area (Å²) in [5.74, 6) is 0.605. The first-order chi connectivity index (χ1) is 10.4. The number of hydrogen-bond donors (Lipinski definition) is 2. The van der Waals surface area contributed by atoms with Crippen molar-refractivity contribution >= 4 is 23.4 Å². The van der Waals surface area contributed by atoms with Gasteiger partial charge in [0.2, 0.25) is 11.8 Å². The van der Waals surface area contributed by atoms with Crippen LogP contribution in [0.3, 0.4) is 0 Å². The number of carbonyl (C=O) groups excluding carboxylic acids is 2. The Hall–Kier alpha value is -1.75. The highest BCUT2D eigenvalue weighted by atomic mass is 35.5. The number of halogens is 1. The van der Waals surface area contributed by atoms with Gasteiger partial charge in [0, 0.05) is 17.9 Å². The van der Waals surface area contributed by atoms with E-state index in [1.54, 1.807) is 6.07 Å². The number of amides is 2. The summed E-state index contributed by atoms with van der Waals surface area (Å²) in [6.45, 7) is 6.23. The Bertz CT molecular complexity index is 518. The zero-order chi connectivity index (χ0) is 16.5. The summed E-state index contributed by atoms with van der Waals surface area (Å²) in [5.41, 5.74) is 5.74. The Morgan fingerprint density at radius 2 is 1.91 bits per heavy atom. The van der Waals surface area contributed by atoms with Gasteiger partial charge < -0.3 is 4.74 Å². The van der Waals surface area contributed by atoms with Gasteiger partial charge in [0.25, 0.3) is 0 Å². The highest BCUT2D eigenvalue weighted by Crippen LogP contribution is 2.21. The van der Waals surface area contributed by atoms with E-state index >= 15 is 0 Å². The molecule has 0 saturated carbocycles. The van der Waals surface area contributed by atoms with Crippen molar-refractivity contribution in [2.24, 2.45) is 5.92 Å². The highest BCUT2D eigenvalue weighted by Gasteiger charge is 2.07. The molecule has 0 aromatic heterocycles. The molecule has 122 valence electrons. The van der Waals surface area contributed by atoms with E-state index in [9.17, 15) is 9.59 Å². The molecule has 5 nitrogen and oxygen atoms in total. The van der Waals surface area contributed by atoms with Crippen molar-refractivity contribution in [2.45, 2.75) is 40.0 Å². The summed E-state index contributed by atoms with van der Waals surface area (Å²) < 4.78 is 5.59. The lowest BCUT2D eigenvalue weighted by Crippen LogP contribution is -2.42. The van der Waals surface area contributed by atoms with Crippen LogP contribution in [0, 0.1) is 12.8 Å². The standard InChI is InChI=1S/C16H23ClN2O3/c1-11(2)9-16(21)19-18-15(20)5-4-8-22-14-7-6-13(17)10-12(14)3/h6-7,10-11H,4-5,8-9H2,1-3H3,(H,18,20)(H,19,21).